The molecule has 1 fully saturated rings. The summed E-state index contributed by atoms with van der Waals surface area (Å²) in [4.78, 5) is 4.73. The molecule has 0 amide bonds. The molecule has 1 aromatic carbocycles. The number of hydrogen-bond donors (Lipinski definition) is 0. The van der Waals surface area contributed by atoms with Gasteiger partial charge >= 0.3 is 7.12 Å². The van der Waals surface area contributed by atoms with Crippen molar-refractivity contribution >= 4 is 23.9 Å². The molecular weight excluding hydrogens is 321 g/mol. The van der Waals surface area contributed by atoms with Crippen molar-refractivity contribution in [2.45, 2.75) is 78.6 Å². The Balaban J connectivity index is 1.87. The highest BCUT2D eigenvalue weighted by molar-refractivity contribution is 6.62. The average molecular weight is 353 g/mol. The lowest BCUT2D eigenvalue weighted by molar-refractivity contribution is -0.0239. The van der Waals surface area contributed by atoms with E-state index in [0.29, 0.717) is 12.0 Å². The molecule has 26 heavy (non-hydrogen) atoms. The van der Waals surface area contributed by atoms with Crippen molar-refractivity contribution in [3.63, 3.8) is 0 Å². The van der Waals surface area contributed by atoms with E-state index >= 15 is 0 Å². The molecule has 2 unspecified atom stereocenters. The molecule has 3 nitrogen and oxygen atoms in total. The summed E-state index contributed by atoms with van der Waals surface area (Å²) in [5.41, 5.74) is 3.99. The number of allylic oxidation sites excluding steroid dienone is 1. The highest BCUT2D eigenvalue weighted by Crippen LogP contribution is 2.41. The van der Waals surface area contributed by atoms with Crippen LogP contribution < -0.4 is 5.46 Å². The van der Waals surface area contributed by atoms with E-state index in [1.165, 1.54) is 11.1 Å². The zero-order valence-electron chi connectivity index (χ0n) is 17.3. The maximum absolute atomic E-state index is 6.48. The zero-order valence-corrected chi connectivity index (χ0v) is 17.3. The van der Waals surface area contributed by atoms with E-state index in [0.717, 1.165) is 24.0 Å². The second-order valence-electron chi connectivity index (χ2n) is 8.95. The predicted octanol–water partition coefficient (Wildman–Crippen LogP) is 4.65. The van der Waals surface area contributed by atoms with Gasteiger partial charge in [0.15, 0.2) is 0 Å². The summed E-state index contributed by atoms with van der Waals surface area (Å²) in [5, 5.41) is 0. The van der Waals surface area contributed by atoms with Gasteiger partial charge in [0.05, 0.1) is 17.2 Å². The summed E-state index contributed by atoms with van der Waals surface area (Å²) in [5.74, 6) is 0.557. The van der Waals surface area contributed by atoms with Crippen molar-refractivity contribution in [1.82, 2.24) is 0 Å². The molecule has 2 heterocycles. The molecular formula is C22H32BNO2. The summed E-state index contributed by atoms with van der Waals surface area (Å²) in [6.07, 6.45) is 4.27. The van der Waals surface area contributed by atoms with Crippen LogP contribution in [-0.2, 0) is 9.31 Å². The van der Waals surface area contributed by atoms with E-state index < -0.39 is 0 Å². The predicted molar refractivity (Wildman–Crippen MR) is 111 cm³/mol. The van der Waals surface area contributed by atoms with Crippen molar-refractivity contribution in [3.05, 3.63) is 35.9 Å². The molecule has 0 N–H and O–H groups in total. The van der Waals surface area contributed by atoms with Crippen LogP contribution in [-0.4, -0.2) is 30.1 Å². The topological polar surface area (TPSA) is 30.8 Å². The van der Waals surface area contributed by atoms with Gasteiger partial charge in [0.2, 0.25) is 0 Å². The van der Waals surface area contributed by atoms with Gasteiger partial charge in [0.25, 0.3) is 0 Å². The summed E-state index contributed by atoms with van der Waals surface area (Å²) < 4.78 is 12.8. The Labute approximate surface area is 159 Å². The molecule has 0 bridgehead atoms. The van der Waals surface area contributed by atoms with Crippen LogP contribution in [0.3, 0.4) is 0 Å². The number of nitrogens with zero attached hydrogens (tertiary/aromatic N) is 1. The van der Waals surface area contributed by atoms with Crippen molar-refractivity contribution in [2.24, 2.45) is 10.9 Å². The van der Waals surface area contributed by atoms with Gasteiger partial charge in [-0.3, -0.25) is 4.99 Å². The highest BCUT2D eigenvalue weighted by atomic mass is 16.7. The Morgan fingerprint density at radius 3 is 2.62 bits per heavy atom. The second-order valence-corrected chi connectivity index (χ2v) is 8.95. The molecule has 2 aliphatic heterocycles. The number of hydrogen-bond acceptors (Lipinski definition) is 3. The van der Waals surface area contributed by atoms with Crippen molar-refractivity contribution in [3.8, 4) is 0 Å². The number of aliphatic imine (C=N–C) groups is 1. The van der Waals surface area contributed by atoms with Crippen LogP contribution in [0, 0.1) is 5.92 Å². The van der Waals surface area contributed by atoms with E-state index in [-0.39, 0.29) is 18.3 Å². The van der Waals surface area contributed by atoms with Gasteiger partial charge in [0, 0.05) is 5.71 Å². The van der Waals surface area contributed by atoms with Crippen molar-refractivity contribution in [2.75, 3.05) is 0 Å². The van der Waals surface area contributed by atoms with E-state index in [9.17, 15) is 0 Å². The maximum atomic E-state index is 6.48. The molecule has 1 saturated heterocycles. The van der Waals surface area contributed by atoms with Crippen LogP contribution in [0.1, 0.15) is 66.9 Å². The van der Waals surface area contributed by atoms with Gasteiger partial charge in [-0.05, 0) is 70.0 Å². The van der Waals surface area contributed by atoms with Crippen LogP contribution >= 0.6 is 0 Å². The van der Waals surface area contributed by atoms with Crippen LogP contribution in [0.5, 0.6) is 0 Å². The third kappa shape index (κ3) is 3.68. The molecule has 4 heteroatoms. The number of rotatable bonds is 4. The minimum atomic E-state index is -0.325. The SMILES string of the molecule is CC1=NC(C)CC=C1c1cccc(B2OC(C)(C)C(C)(CC(C)C)O2)c1. The lowest BCUT2D eigenvalue weighted by atomic mass is 9.77. The first-order chi connectivity index (χ1) is 12.1. The van der Waals surface area contributed by atoms with Crippen molar-refractivity contribution < 1.29 is 9.31 Å². The van der Waals surface area contributed by atoms with Gasteiger partial charge in [-0.1, -0.05) is 44.2 Å². The average Bonchev–Trinajstić information content (AvgIpc) is 2.76. The van der Waals surface area contributed by atoms with Gasteiger partial charge < -0.3 is 9.31 Å². The largest absolute Gasteiger partial charge is 0.494 e. The molecule has 140 valence electrons. The maximum Gasteiger partial charge on any atom is 0.494 e. The Morgan fingerprint density at radius 1 is 1.23 bits per heavy atom. The lowest BCUT2D eigenvalue weighted by Crippen LogP contribution is -2.45. The van der Waals surface area contributed by atoms with Crippen molar-refractivity contribution in [1.29, 1.82) is 0 Å². The molecule has 0 aliphatic carbocycles. The fraction of sp³-hybridized carbons (Fsp3) is 0.591. The first-order valence-corrected chi connectivity index (χ1v) is 9.82. The summed E-state index contributed by atoms with van der Waals surface area (Å²) >= 11 is 0. The number of benzene rings is 1. The molecule has 2 aliphatic rings. The Bertz CT molecular complexity index is 737. The minimum absolute atomic E-state index is 0.293. The van der Waals surface area contributed by atoms with Gasteiger partial charge in [-0.15, -0.1) is 0 Å². The molecule has 2 atom stereocenters. The molecule has 0 spiro atoms. The fourth-order valence-electron chi connectivity index (χ4n) is 4.07. The summed E-state index contributed by atoms with van der Waals surface area (Å²) in [6.45, 7) is 15.2. The normalized spacial score (nSPS) is 28.3. The Hall–Kier alpha value is -1.39. The van der Waals surface area contributed by atoms with Gasteiger partial charge in [-0.2, -0.15) is 0 Å². The smallest absolute Gasteiger partial charge is 0.399 e. The molecule has 0 saturated carbocycles. The van der Waals surface area contributed by atoms with Gasteiger partial charge in [0.1, 0.15) is 0 Å². The van der Waals surface area contributed by atoms with Crippen LogP contribution in [0.25, 0.3) is 5.57 Å². The second kappa shape index (κ2) is 6.97. The number of dihydropyridines is 1. The minimum Gasteiger partial charge on any atom is -0.399 e. The zero-order chi connectivity index (χ0) is 19.1. The van der Waals surface area contributed by atoms with Gasteiger partial charge in [-0.25, -0.2) is 0 Å². The molecule has 3 rings (SSSR count). The Kier molecular flexibility index (Phi) is 5.20. The Morgan fingerprint density at radius 2 is 1.96 bits per heavy atom. The first kappa shape index (κ1) is 19.4. The molecule has 0 radical (unpaired) electrons. The van der Waals surface area contributed by atoms with Crippen LogP contribution in [0.4, 0.5) is 0 Å². The van der Waals surface area contributed by atoms with E-state index in [1.54, 1.807) is 0 Å². The van der Waals surface area contributed by atoms with E-state index in [2.05, 4.69) is 78.8 Å². The lowest BCUT2D eigenvalue weighted by Gasteiger charge is -2.37. The first-order valence-electron chi connectivity index (χ1n) is 9.82. The third-order valence-electron chi connectivity index (χ3n) is 5.78. The van der Waals surface area contributed by atoms with Crippen LogP contribution in [0.15, 0.2) is 35.3 Å². The molecule has 0 aromatic heterocycles. The summed E-state index contributed by atoms with van der Waals surface area (Å²) in [7, 11) is -0.325. The third-order valence-corrected chi connectivity index (χ3v) is 5.78. The highest BCUT2D eigenvalue weighted by Gasteiger charge is 2.54. The molecule has 1 aromatic rings. The fourth-order valence-corrected chi connectivity index (χ4v) is 4.07. The standard InChI is InChI=1S/C22H32BNO2/c1-15(2)14-22(7)21(5,6)25-23(26-22)19-10-8-9-18(13-19)20-12-11-16(3)24-17(20)4/h8-10,12-13,15-16H,11,14H2,1-7H3. The quantitative estimate of drug-likeness (QED) is 0.738. The summed E-state index contributed by atoms with van der Waals surface area (Å²) in [6, 6.07) is 8.92. The van der Waals surface area contributed by atoms with E-state index in [4.69, 9.17) is 14.3 Å². The van der Waals surface area contributed by atoms with Crippen LogP contribution in [0.2, 0.25) is 0 Å². The monoisotopic (exact) mass is 353 g/mol. The van der Waals surface area contributed by atoms with E-state index in [1.807, 2.05) is 0 Å².